The van der Waals surface area contributed by atoms with Gasteiger partial charge in [-0.15, -0.1) is 0 Å². The van der Waals surface area contributed by atoms with Crippen LogP contribution in [0.25, 0.3) is 0 Å². The van der Waals surface area contributed by atoms with E-state index >= 15 is 0 Å². The van der Waals surface area contributed by atoms with Gasteiger partial charge in [-0.2, -0.15) is 0 Å². The van der Waals surface area contributed by atoms with Gasteiger partial charge in [0.15, 0.2) is 0 Å². The SMILES string of the molecule is COc1ccc(S(=O)(=O)N(C)c2ccc(C)cc2)cc1C. The smallest absolute Gasteiger partial charge is 0.264 e. The van der Waals surface area contributed by atoms with Crippen molar-refractivity contribution in [2.75, 3.05) is 18.5 Å². The van der Waals surface area contributed by atoms with Gasteiger partial charge in [0.2, 0.25) is 0 Å². The Morgan fingerprint density at radius 3 is 2.14 bits per heavy atom. The molecule has 0 bridgehead atoms. The van der Waals surface area contributed by atoms with E-state index in [9.17, 15) is 8.42 Å². The number of benzene rings is 2. The van der Waals surface area contributed by atoms with Crippen molar-refractivity contribution in [2.45, 2.75) is 18.7 Å². The van der Waals surface area contributed by atoms with Crippen molar-refractivity contribution in [1.82, 2.24) is 0 Å². The third kappa shape index (κ3) is 3.03. The molecule has 0 heterocycles. The van der Waals surface area contributed by atoms with Gasteiger partial charge in [-0.1, -0.05) is 17.7 Å². The van der Waals surface area contributed by atoms with Crippen molar-refractivity contribution in [3.05, 3.63) is 53.6 Å². The number of hydrogen-bond donors (Lipinski definition) is 0. The van der Waals surface area contributed by atoms with E-state index in [1.54, 1.807) is 44.5 Å². The molecule has 0 amide bonds. The Morgan fingerprint density at radius 2 is 1.62 bits per heavy atom. The maximum absolute atomic E-state index is 12.7. The predicted octanol–water partition coefficient (Wildman–Crippen LogP) is 3.14. The summed E-state index contributed by atoms with van der Waals surface area (Å²) in [6.07, 6.45) is 0. The zero-order chi connectivity index (χ0) is 15.6. The van der Waals surface area contributed by atoms with Gasteiger partial charge in [-0.25, -0.2) is 8.42 Å². The van der Waals surface area contributed by atoms with Crippen LogP contribution >= 0.6 is 0 Å². The van der Waals surface area contributed by atoms with Gasteiger partial charge in [0.1, 0.15) is 5.75 Å². The molecule has 0 aliphatic rings. The lowest BCUT2D eigenvalue weighted by molar-refractivity contribution is 0.411. The number of sulfonamides is 1. The Labute approximate surface area is 126 Å². The third-order valence-corrected chi connectivity index (χ3v) is 5.20. The first-order valence-electron chi connectivity index (χ1n) is 6.56. The van der Waals surface area contributed by atoms with Crippen LogP contribution in [0.1, 0.15) is 11.1 Å². The zero-order valence-corrected chi connectivity index (χ0v) is 13.4. The second-order valence-corrected chi connectivity index (χ2v) is 6.91. The highest BCUT2D eigenvalue weighted by Gasteiger charge is 2.21. The number of anilines is 1. The minimum Gasteiger partial charge on any atom is -0.496 e. The number of aryl methyl sites for hydroxylation is 2. The van der Waals surface area contributed by atoms with E-state index in [4.69, 9.17) is 4.74 Å². The molecule has 0 unspecified atom stereocenters. The molecular weight excluding hydrogens is 286 g/mol. The monoisotopic (exact) mass is 305 g/mol. The Balaban J connectivity index is 2.41. The fourth-order valence-electron chi connectivity index (χ4n) is 2.06. The molecule has 112 valence electrons. The summed E-state index contributed by atoms with van der Waals surface area (Å²) >= 11 is 0. The average Bonchev–Trinajstić information content (AvgIpc) is 2.47. The summed E-state index contributed by atoms with van der Waals surface area (Å²) in [6, 6.07) is 12.2. The molecule has 0 spiro atoms. The normalized spacial score (nSPS) is 11.2. The molecule has 0 aliphatic heterocycles. The molecule has 0 saturated carbocycles. The quantitative estimate of drug-likeness (QED) is 0.872. The fraction of sp³-hybridized carbons (Fsp3) is 0.250. The van der Waals surface area contributed by atoms with E-state index in [-0.39, 0.29) is 4.90 Å². The maximum Gasteiger partial charge on any atom is 0.264 e. The summed E-state index contributed by atoms with van der Waals surface area (Å²) in [5.41, 5.74) is 2.51. The Kier molecular flexibility index (Phi) is 4.23. The van der Waals surface area contributed by atoms with Crippen molar-refractivity contribution in [3.8, 4) is 5.75 Å². The van der Waals surface area contributed by atoms with E-state index < -0.39 is 10.0 Å². The van der Waals surface area contributed by atoms with Gasteiger partial charge in [0.05, 0.1) is 17.7 Å². The first-order valence-corrected chi connectivity index (χ1v) is 8.00. The standard InChI is InChI=1S/C16H19NO3S/c1-12-5-7-14(8-6-12)17(3)21(18,19)15-9-10-16(20-4)13(2)11-15/h5-11H,1-4H3. The van der Waals surface area contributed by atoms with Gasteiger partial charge in [0.25, 0.3) is 10.0 Å². The van der Waals surface area contributed by atoms with Gasteiger partial charge >= 0.3 is 0 Å². The number of rotatable bonds is 4. The molecular formula is C16H19NO3S. The van der Waals surface area contributed by atoms with Crippen LogP contribution < -0.4 is 9.04 Å². The van der Waals surface area contributed by atoms with Gasteiger partial charge in [0, 0.05) is 7.05 Å². The van der Waals surface area contributed by atoms with E-state index in [2.05, 4.69) is 0 Å². The molecule has 4 nitrogen and oxygen atoms in total. The molecule has 0 aliphatic carbocycles. The first kappa shape index (κ1) is 15.4. The van der Waals surface area contributed by atoms with Gasteiger partial charge in [-0.05, 0) is 49.7 Å². The van der Waals surface area contributed by atoms with E-state index in [1.165, 1.54) is 4.31 Å². The maximum atomic E-state index is 12.7. The lowest BCUT2D eigenvalue weighted by Crippen LogP contribution is -2.26. The van der Waals surface area contributed by atoms with Crippen molar-refractivity contribution >= 4 is 15.7 Å². The molecule has 2 rings (SSSR count). The summed E-state index contributed by atoms with van der Waals surface area (Å²) in [4.78, 5) is 0.254. The topological polar surface area (TPSA) is 46.6 Å². The summed E-state index contributed by atoms with van der Waals surface area (Å²) in [5, 5.41) is 0. The summed E-state index contributed by atoms with van der Waals surface area (Å²) in [6.45, 7) is 3.79. The van der Waals surface area contributed by atoms with E-state index in [0.29, 0.717) is 11.4 Å². The van der Waals surface area contributed by atoms with Gasteiger partial charge in [-0.3, -0.25) is 4.31 Å². The minimum absolute atomic E-state index is 0.254. The van der Waals surface area contributed by atoms with Crippen LogP contribution in [-0.4, -0.2) is 22.6 Å². The van der Waals surface area contributed by atoms with Crippen LogP contribution in [0.15, 0.2) is 47.4 Å². The predicted molar refractivity (Wildman–Crippen MR) is 84.5 cm³/mol. The molecule has 21 heavy (non-hydrogen) atoms. The largest absolute Gasteiger partial charge is 0.496 e. The lowest BCUT2D eigenvalue weighted by Gasteiger charge is -2.20. The van der Waals surface area contributed by atoms with E-state index in [0.717, 1.165) is 11.1 Å². The van der Waals surface area contributed by atoms with Crippen molar-refractivity contribution < 1.29 is 13.2 Å². The molecule has 0 aromatic heterocycles. The van der Waals surface area contributed by atoms with Crippen LogP contribution in [0.3, 0.4) is 0 Å². The van der Waals surface area contributed by atoms with Crippen LogP contribution in [0.2, 0.25) is 0 Å². The minimum atomic E-state index is -3.57. The van der Waals surface area contributed by atoms with Crippen LogP contribution in [-0.2, 0) is 10.0 Å². The Bertz CT molecular complexity index is 737. The number of methoxy groups -OCH3 is 1. The summed E-state index contributed by atoms with van der Waals surface area (Å²) < 4.78 is 31.8. The molecule has 5 heteroatoms. The molecule has 0 fully saturated rings. The molecule has 0 atom stereocenters. The Morgan fingerprint density at radius 1 is 1.00 bits per heavy atom. The second-order valence-electron chi connectivity index (χ2n) is 4.94. The van der Waals surface area contributed by atoms with Crippen LogP contribution in [0.5, 0.6) is 5.75 Å². The molecule has 0 N–H and O–H groups in total. The highest BCUT2D eigenvalue weighted by Crippen LogP contribution is 2.26. The van der Waals surface area contributed by atoms with Crippen molar-refractivity contribution in [2.24, 2.45) is 0 Å². The number of hydrogen-bond acceptors (Lipinski definition) is 3. The zero-order valence-electron chi connectivity index (χ0n) is 12.6. The molecule has 2 aromatic carbocycles. The molecule has 2 aromatic rings. The first-order chi connectivity index (χ1) is 9.86. The fourth-order valence-corrected chi connectivity index (χ4v) is 3.34. The third-order valence-electron chi connectivity index (χ3n) is 3.42. The second kappa shape index (κ2) is 5.77. The number of nitrogens with zero attached hydrogens (tertiary/aromatic N) is 1. The lowest BCUT2D eigenvalue weighted by atomic mass is 10.2. The Hall–Kier alpha value is -2.01. The van der Waals surface area contributed by atoms with Crippen molar-refractivity contribution in [3.63, 3.8) is 0 Å². The highest BCUT2D eigenvalue weighted by molar-refractivity contribution is 7.92. The number of ether oxygens (including phenoxy) is 1. The van der Waals surface area contributed by atoms with Crippen LogP contribution in [0, 0.1) is 13.8 Å². The van der Waals surface area contributed by atoms with Crippen molar-refractivity contribution in [1.29, 1.82) is 0 Å². The summed E-state index contributed by atoms with van der Waals surface area (Å²) in [5.74, 6) is 0.673. The van der Waals surface area contributed by atoms with Crippen LogP contribution in [0.4, 0.5) is 5.69 Å². The molecule has 0 saturated heterocycles. The summed E-state index contributed by atoms with van der Waals surface area (Å²) in [7, 11) is -0.455. The highest BCUT2D eigenvalue weighted by atomic mass is 32.2. The average molecular weight is 305 g/mol. The van der Waals surface area contributed by atoms with E-state index in [1.807, 2.05) is 26.0 Å². The van der Waals surface area contributed by atoms with Gasteiger partial charge < -0.3 is 4.74 Å². The molecule has 0 radical (unpaired) electrons.